The van der Waals surface area contributed by atoms with Gasteiger partial charge in [0.05, 0.1) is 22.6 Å². The molecular weight excluding hydrogens is 328 g/mol. The number of aromatic nitrogens is 3. The van der Waals surface area contributed by atoms with Crippen LogP contribution in [0, 0.1) is 5.92 Å². The molecule has 0 fully saturated rings. The Balaban J connectivity index is 2.21. The number of nitrogens with one attached hydrogen (secondary N) is 1. The lowest BCUT2D eigenvalue weighted by atomic mass is 10.2. The predicted molar refractivity (Wildman–Crippen MR) is 80.6 cm³/mol. The Kier molecular flexibility index (Phi) is 4.96. The average molecular weight is 344 g/mol. The van der Waals surface area contributed by atoms with Crippen molar-refractivity contribution in [3.05, 3.63) is 39.6 Å². The molecule has 2 aromatic rings. The molecule has 4 nitrogen and oxygen atoms in total. The highest BCUT2D eigenvalue weighted by atomic mass is 79.9. The molecular formula is C13H16BrClN4. The van der Waals surface area contributed by atoms with Gasteiger partial charge in [0.15, 0.2) is 0 Å². The standard InChI is InChI=1S/C13H16BrClN4/c1-9(2)6-16-7-11-8-17-18-19(11)13-5-10(14)3-4-12(13)15/h3-5,8-9,16H,6-7H2,1-2H3. The minimum atomic E-state index is 0.610. The Morgan fingerprint density at radius 1 is 1.42 bits per heavy atom. The quantitative estimate of drug-likeness (QED) is 0.904. The molecule has 0 unspecified atom stereocenters. The van der Waals surface area contributed by atoms with E-state index in [1.54, 1.807) is 10.9 Å². The van der Waals surface area contributed by atoms with Gasteiger partial charge in [0.1, 0.15) is 0 Å². The first-order chi connectivity index (χ1) is 9.08. The second-order valence-corrected chi connectivity index (χ2v) is 6.08. The maximum Gasteiger partial charge on any atom is 0.0864 e. The van der Waals surface area contributed by atoms with E-state index in [2.05, 4.69) is 45.4 Å². The smallest absolute Gasteiger partial charge is 0.0864 e. The molecule has 0 aliphatic rings. The zero-order valence-corrected chi connectivity index (χ0v) is 13.2. The zero-order valence-electron chi connectivity index (χ0n) is 10.9. The van der Waals surface area contributed by atoms with Gasteiger partial charge in [-0.25, -0.2) is 4.68 Å². The minimum absolute atomic E-state index is 0.610. The third-order valence-electron chi connectivity index (χ3n) is 2.61. The summed E-state index contributed by atoms with van der Waals surface area (Å²) in [7, 11) is 0. The zero-order chi connectivity index (χ0) is 13.8. The molecule has 0 aliphatic heterocycles. The average Bonchev–Trinajstić information content (AvgIpc) is 2.80. The highest BCUT2D eigenvalue weighted by molar-refractivity contribution is 9.10. The van der Waals surface area contributed by atoms with Gasteiger partial charge in [-0.1, -0.05) is 46.6 Å². The molecule has 1 heterocycles. The van der Waals surface area contributed by atoms with Crippen molar-refractivity contribution in [1.82, 2.24) is 20.3 Å². The van der Waals surface area contributed by atoms with Crippen LogP contribution in [0.4, 0.5) is 0 Å². The second-order valence-electron chi connectivity index (χ2n) is 4.76. The third kappa shape index (κ3) is 3.78. The van der Waals surface area contributed by atoms with Crippen molar-refractivity contribution in [2.45, 2.75) is 20.4 Å². The van der Waals surface area contributed by atoms with Gasteiger partial charge >= 0.3 is 0 Å². The summed E-state index contributed by atoms with van der Waals surface area (Å²) in [4.78, 5) is 0. The Morgan fingerprint density at radius 2 is 2.21 bits per heavy atom. The first-order valence-electron chi connectivity index (χ1n) is 6.13. The van der Waals surface area contributed by atoms with Crippen molar-refractivity contribution in [2.24, 2.45) is 5.92 Å². The molecule has 0 spiro atoms. The van der Waals surface area contributed by atoms with Crippen LogP contribution < -0.4 is 5.32 Å². The lowest BCUT2D eigenvalue weighted by Gasteiger charge is -2.10. The topological polar surface area (TPSA) is 42.7 Å². The molecule has 0 bridgehead atoms. The SMILES string of the molecule is CC(C)CNCc1cnnn1-c1cc(Br)ccc1Cl. The van der Waals surface area contributed by atoms with Crippen molar-refractivity contribution in [3.8, 4) is 5.69 Å². The lowest BCUT2D eigenvalue weighted by molar-refractivity contribution is 0.542. The van der Waals surface area contributed by atoms with E-state index >= 15 is 0 Å². The summed E-state index contributed by atoms with van der Waals surface area (Å²) in [6.07, 6.45) is 1.75. The minimum Gasteiger partial charge on any atom is -0.311 e. The summed E-state index contributed by atoms with van der Waals surface area (Å²) in [5, 5.41) is 12.1. The molecule has 1 aromatic heterocycles. The van der Waals surface area contributed by atoms with Crippen LogP contribution in [0.3, 0.4) is 0 Å². The van der Waals surface area contributed by atoms with E-state index in [-0.39, 0.29) is 0 Å². The van der Waals surface area contributed by atoms with E-state index in [0.717, 1.165) is 22.4 Å². The highest BCUT2D eigenvalue weighted by Crippen LogP contribution is 2.24. The summed E-state index contributed by atoms with van der Waals surface area (Å²) in [5.74, 6) is 0.610. The summed E-state index contributed by atoms with van der Waals surface area (Å²) < 4.78 is 2.73. The molecule has 1 aromatic carbocycles. The Hall–Kier alpha value is -0.910. The molecule has 0 saturated heterocycles. The number of benzene rings is 1. The molecule has 2 rings (SSSR count). The van der Waals surface area contributed by atoms with Crippen LogP contribution in [0.2, 0.25) is 5.02 Å². The monoisotopic (exact) mass is 342 g/mol. The third-order valence-corrected chi connectivity index (χ3v) is 3.43. The maximum atomic E-state index is 6.21. The summed E-state index contributed by atoms with van der Waals surface area (Å²) >= 11 is 9.66. The molecule has 0 aliphatic carbocycles. The number of hydrogen-bond donors (Lipinski definition) is 1. The maximum absolute atomic E-state index is 6.21. The molecule has 6 heteroatoms. The fraction of sp³-hybridized carbons (Fsp3) is 0.385. The molecule has 19 heavy (non-hydrogen) atoms. The van der Waals surface area contributed by atoms with Crippen LogP contribution in [0.1, 0.15) is 19.5 Å². The van der Waals surface area contributed by atoms with Gasteiger partial charge in [-0.3, -0.25) is 0 Å². The van der Waals surface area contributed by atoms with E-state index in [1.807, 2.05) is 18.2 Å². The van der Waals surface area contributed by atoms with E-state index in [1.165, 1.54) is 0 Å². The van der Waals surface area contributed by atoms with Gasteiger partial charge in [0, 0.05) is 11.0 Å². The number of rotatable bonds is 5. The van der Waals surface area contributed by atoms with Gasteiger partial charge in [-0.15, -0.1) is 5.10 Å². The number of nitrogens with zero attached hydrogens (tertiary/aromatic N) is 3. The first kappa shape index (κ1) is 14.5. The van der Waals surface area contributed by atoms with Gasteiger partial charge in [-0.2, -0.15) is 0 Å². The predicted octanol–water partition coefficient (Wildman–Crippen LogP) is 3.43. The first-order valence-corrected chi connectivity index (χ1v) is 7.30. The van der Waals surface area contributed by atoms with Gasteiger partial charge in [0.2, 0.25) is 0 Å². The van der Waals surface area contributed by atoms with Crippen LogP contribution in [-0.2, 0) is 6.54 Å². The largest absolute Gasteiger partial charge is 0.311 e. The fourth-order valence-electron chi connectivity index (χ4n) is 1.72. The van der Waals surface area contributed by atoms with Gasteiger partial charge in [-0.05, 0) is 30.7 Å². The van der Waals surface area contributed by atoms with Crippen molar-refractivity contribution in [2.75, 3.05) is 6.54 Å². The van der Waals surface area contributed by atoms with E-state index in [4.69, 9.17) is 11.6 Å². The Morgan fingerprint density at radius 3 is 2.95 bits per heavy atom. The van der Waals surface area contributed by atoms with Crippen LogP contribution in [-0.4, -0.2) is 21.5 Å². The summed E-state index contributed by atoms with van der Waals surface area (Å²) in [5.41, 5.74) is 1.82. The van der Waals surface area contributed by atoms with Crippen LogP contribution in [0.15, 0.2) is 28.9 Å². The van der Waals surface area contributed by atoms with Crippen molar-refractivity contribution in [3.63, 3.8) is 0 Å². The number of hydrogen-bond acceptors (Lipinski definition) is 3. The van der Waals surface area contributed by atoms with Gasteiger partial charge < -0.3 is 5.32 Å². The lowest BCUT2D eigenvalue weighted by Crippen LogP contribution is -2.20. The van der Waals surface area contributed by atoms with Crippen molar-refractivity contribution < 1.29 is 0 Å². The molecule has 102 valence electrons. The molecule has 0 radical (unpaired) electrons. The normalized spacial score (nSPS) is 11.2. The van der Waals surface area contributed by atoms with E-state index < -0.39 is 0 Å². The van der Waals surface area contributed by atoms with Crippen LogP contribution >= 0.6 is 27.5 Å². The fourth-order valence-corrected chi connectivity index (χ4v) is 2.26. The Bertz CT molecular complexity index is 553. The van der Waals surface area contributed by atoms with E-state index in [0.29, 0.717) is 17.5 Å². The summed E-state index contributed by atoms with van der Waals surface area (Å²) in [6.45, 7) is 6.02. The van der Waals surface area contributed by atoms with Crippen LogP contribution in [0.25, 0.3) is 5.69 Å². The van der Waals surface area contributed by atoms with Crippen LogP contribution in [0.5, 0.6) is 0 Å². The second kappa shape index (κ2) is 6.50. The molecule has 0 atom stereocenters. The van der Waals surface area contributed by atoms with Gasteiger partial charge in [0.25, 0.3) is 0 Å². The summed E-state index contributed by atoms with van der Waals surface area (Å²) in [6, 6.07) is 5.68. The van der Waals surface area contributed by atoms with Crippen molar-refractivity contribution >= 4 is 27.5 Å². The van der Waals surface area contributed by atoms with E-state index in [9.17, 15) is 0 Å². The molecule has 1 N–H and O–H groups in total. The number of halogens is 2. The highest BCUT2D eigenvalue weighted by Gasteiger charge is 2.10. The molecule has 0 saturated carbocycles. The molecule has 0 amide bonds. The van der Waals surface area contributed by atoms with Crippen molar-refractivity contribution in [1.29, 1.82) is 0 Å². The Labute approximate surface area is 126 Å².